The molecule has 2 atom stereocenters. The molecule has 4 heteroatoms. The first-order valence-electron chi connectivity index (χ1n) is 5.54. The van der Waals surface area contributed by atoms with Crippen LogP contribution in [-0.4, -0.2) is 37.8 Å². The molecule has 0 saturated carbocycles. The third kappa shape index (κ3) is 4.63. The normalized spacial score (nSPS) is 17.6. The average molecular weight is 234 g/mol. The number of hydrogen-bond donors (Lipinski definition) is 2. The zero-order chi connectivity index (χ0) is 12.3. The van der Waals surface area contributed by atoms with Gasteiger partial charge < -0.3 is 14.6 Å². The van der Waals surface area contributed by atoms with E-state index in [1.807, 2.05) is 6.92 Å². The third-order valence-corrected chi connectivity index (χ3v) is 7.86. The predicted octanol–water partition coefficient (Wildman–Crippen LogP) is 2.00. The van der Waals surface area contributed by atoms with Gasteiger partial charge in [-0.25, -0.2) is 0 Å². The summed E-state index contributed by atoms with van der Waals surface area (Å²) in [5.41, 5.74) is 0. The lowest BCUT2D eigenvalue weighted by Crippen LogP contribution is -2.43. The highest BCUT2D eigenvalue weighted by atomic mass is 28.4. The van der Waals surface area contributed by atoms with Crippen LogP contribution in [0.2, 0.25) is 18.1 Å². The first-order chi connectivity index (χ1) is 6.62. The van der Waals surface area contributed by atoms with Crippen LogP contribution in [0.15, 0.2) is 0 Å². The molecule has 0 heterocycles. The molecule has 0 aromatic carbocycles. The Hall–Kier alpha value is 0.0969. The molecule has 0 spiro atoms. The SMILES string of the molecule is C[C@H](CO[Si](C)(C)C(C)(C)C)[C@@H](O)CO. The molecule has 3 nitrogen and oxygen atoms in total. The van der Waals surface area contributed by atoms with Crippen LogP contribution in [0, 0.1) is 5.92 Å². The molecular weight excluding hydrogens is 208 g/mol. The van der Waals surface area contributed by atoms with Gasteiger partial charge in [-0.3, -0.25) is 0 Å². The van der Waals surface area contributed by atoms with Crippen molar-refractivity contribution in [2.75, 3.05) is 13.2 Å². The Morgan fingerprint density at radius 1 is 1.27 bits per heavy atom. The van der Waals surface area contributed by atoms with Crippen LogP contribution in [0.4, 0.5) is 0 Å². The first kappa shape index (κ1) is 15.1. The molecule has 0 aliphatic heterocycles. The van der Waals surface area contributed by atoms with Crippen LogP contribution in [0.1, 0.15) is 27.7 Å². The van der Waals surface area contributed by atoms with E-state index in [1.54, 1.807) is 0 Å². The van der Waals surface area contributed by atoms with Crippen molar-refractivity contribution in [2.45, 2.75) is 51.9 Å². The molecule has 92 valence electrons. The van der Waals surface area contributed by atoms with Crippen molar-refractivity contribution in [2.24, 2.45) is 5.92 Å². The van der Waals surface area contributed by atoms with Crippen LogP contribution < -0.4 is 0 Å². The maximum Gasteiger partial charge on any atom is 0.191 e. The minimum absolute atomic E-state index is 0.0101. The van der Waals surface area contributed by atoms with Crippen LogP contribution in [0.3, 0.4) is 0 Å². The molecule has 0 radical (unpaired) electrons. The molecule has 0 aromatic rings. The van der Waals surface area contributed by atoms with Gasteiger partial charge in [0.25, 0.3) is 0 Å². The third-order valence-electron chi connectivity index (χ3n) is 3.36. The Kier molecular flexibility index (Phi) is 5.47. The summed E-state index contributed by atoms with van der Waals surface area (Å²) < 4.78 is 5.95. The van der Waals surface area contributed by atoms with Gasteiger partial charge in [-0.05, 0) is 18.1 Å². The zero-order valence-corrected chi connectivity index (χ0v) is 11.9. The highest BCUT2D eigenvalue weighted by Crippen LogP contribution is 2.36. The Labute approximate surface area is 94.6 Å². The van der Waals surface area contributed by atoms with Gasteiger partial charge in [0.15, 0.2) is 8.32 Å². The minimum Gasteiger partial charge on any atom is -0.416 e. The van der Waals surface area contributed by atoms with E-state index in [-0.39, 0.29) is 17.6 Å². The second kappa shape index (κ2) is 5.43. The second-order valence-electron chi connectivity index (χ2n) is 5.80. The van der Waals surface area contributed by atoms with Gasteiger partial charge >= 0.3 is 0 Å². The van der Waals surface area contributed by atoms with E-state index in [4.69, 9.17) is 9.53 Å². The van der Waals surface area contributed by atoms with E-state index in [9.17, 15) is 5.11 Å². The maximum absolute atomic E-state index is 9.41. The molecule has 0 amide bonds. The lowest BCUT2D eigenvalue weighted by atomic mass is 10.1. The highest BCUT2D eigenvalue weighted by Gasteiger charge is 2.37. The number of aliphatic hydroxyl groups excluding tert-OH is 2. The van der Waals surface area contributed by atoms with Crippen molar-refractivity contribution in [3.8, 4) is 0 Å². The topological polar surface area (TPSA) is 49.7 Å². The van der Waals surface area contributed by atoms with Crippen LogP contribution in [0.25, 0.3) is 0 Å². The Morgan fingerprint density at radius 2 is 1.73 bits per heavy atom. The standard InChI is InChI=1S/C11H26O3Si/c1-9(10(13)7-12)8-14-15(5,6)11(2,3)4/h9-10,12-13H,7-8H2,1-6H3/t9-,10+/m1/s1. The van der Waals surface area contributed by atoms with Gasteiger partial charge in [0.1, 0.15) is 0 Å². The van der Waals surface area contributed by atoms with Gasteiger partial charge in [-0.1, -0.05) is 27.7 Å². The highest BCUT2D eigenvalue weighted by molar-refractivity contribution is 6.74. The first-order valence-corrected chi connectivity index (χ1v) is 8.45. The van der Waals surface area contributed by atoms with Crippen molar-refractivity contribution >= 4 is 8.32 Å². The quantitative estimate of drug-likeness (QED) is 0.715. The zero-order valence-electron chi connectivity index (χ0n) is 10.9. The maximum atomic E-state index is 9.41. The van der Waals surface area contributed by atoms with E-state index in [0.717, 1.165) is 0 Å². The van der Waals surface area contributed by atoms with Gasteiger partial charge in [-0.15, -0.1) is 0 Å². The van der Waals surface area contributed by atoms with Crippen molar-refractivity contribution < 1.29 is 14.6 Å². The molecule has 0 saturated heterocycles. The Bertz CT molecular complexity index is 187. The molecule has 0 aliphatic rings. The summed E-state index contributed by atoms with van der Waals surface area (Å²) in [7, 11) is -1.72. The summed E-state index contributed by atoms with van der Waals surface area (Å²) in [5, 5.41) is 18.4. The van der Waals surface area contributed by atoms with Gasteiger partial charge in [0.2, 0.25) is 0 Å². The van der Waals surface area contributed by atoms with Gasteiger partial charge in [0.05, 0.1) is 12.7 Å². The molecule has 0 aromatic heterocycles. The summed E-state index contributed by atoms with van der Waals surface area (Å²) >= 11 is 0. The molecular formula is C11H26O3Si. The Balaban J connectivity index is 4.16. The van der Waals surface area contributed by atoms with E-state index in [0.29, 0.717) is 6.61 Å². The largest absolute Gasteiger partial charge is 0.416 e. The lowest BCUT2D eigenvalue weighted by Gasteiger charge is -2.37. The predicted molar refractivity (Wildman–Crippen MR) is 65.4 cm³/mol. The summed E-state index contributed by atoms with van der Waals surface area (Å²) in [4.78, 5) is 0. The summed E-state index contributed by atoms with van der Waals surface area (Å²) in [6.07, 6.45) is -0.672. The fraction of sp³-hybridized carbons (Fsp3) is 1.00. The fourth-order valence-corrected chi connectivity index (χ4v) is 1.96. The van der Waals surface area contributed by atoms with Crippen LogP contribution >= 0.6 is 0 Å². The van der Waals surface area contributed by atoms with Crippen molar-refractivity contribution in [1.29, 1.82) is 0 Å². The van der Waals surface area contributed by atoms with Crippen molar-refractivity contribution in [3.63, 3.8) is 0 Å². The summed E-state index contributed by atoms with van der Waals surface area (Å²) in [6, 6.07) is 0. The minimum atomic E-state index is -1.72. The second-order valence-corrected chi connectivity index (χ2v) is 10.6. The molecule has 2 N–H and O–H groups in total. The fourth-order valence-electron chi connectivity index (χ4n) is 0.847. The van der Waals surface area contributed by atoms with E-state index in [1.165, 1.54) is 0 Å². The molecule has 0 bridgehead atoms. The van der Waals surface area contributed by atoms with Crippen molar-refractivity contribution in [1.82, 2.24) is 0 Å². The van der Waals surface area contributed by atoms with E-state index in [2.05, 4.69) is 33.9 Å². The summed E-state index contributed by atoms with van der Waals surface area (Å²) in [5.74, 6) is -0.0101. The molecule has 0 unspecified atom stereocenters. The number of rotatable bonds is 5. The smallest absolute Gasteiger partial charge is 0.191 e. The average Bonchev–Trinajstić information content (AvgIpc) is 2.11. The number of aliphatic hydroxyl groups is 2. The van der Waals surface area contributed by atoms with E-state index < -0.39 is 14.4 Å². The van der Waals surface area contributed by atoms with Crippen molar-refractivity contribution in [3.05, 3.63) is 0 Å². The van der Waals surface area contributed by atoms with Gasteiger partial charge in [-0.2, -0.15) is 0 Å². The lowest BCUT2D eigenvalue weighted by molar-refractivity contribution is 0.0324. The van der Waals surface area contributed by atoms with Crippen LogP contribution in [0.5, 0.6) is 0 Å². The summed E-state index contributed by atoms with van der Waals surface area (Å²) in [6.45, 7) is 13.2. The van der Waals surface area contributed by atoms with Crippen LogP contribution in [-0.2, 0) is 4.43 Å². The molecule has 0 aliphatic carbocycles. The molecule has 0 rings (SSSR count). The van der Waals surface area contributed by atoms with E-state index >= 15 is 0 Å². The monoisotopic (exact) mass is 234 g/mol. The molecule has 15 heavy (non-hydrogen) atoms. The number of hydrogen-bond acceptors (Lipinski definition) is 3. The van der Waals surface area contributed by atoms with Gasteiger partial charge in [0, 0.05) is 12.5 Å². The Morgan fingerprint density at radius 3 is 2.07 bits per heavy atom. The molecule has 0 fully saturated rings.